The number of likely N-dealkylation sites (tertiary alicyclic amines) is 1. The number of likely N-dealkylation sites (N-methyl/N-ethyl adjacent to an activating group) is 1. The number of halogens is 1. The molecule has 1 aliphatic heterocycles. The maximum absolute atomic E-state index is 13.8. The standard InChI is InChI=1S/C32H37FN4O3S/c1-3-36(32(39)28-5-4-6-29-31(28)34-22-37(29)20-30(38)40-2)19-25(26-14-18-41-21-26)13-17-35-15-11-24(12-16-35)23-7-9-27(33)10-8-23/h4-10,14,18,21-22,24-25H,3,11-13,15-17,19-20H2,1-2H3. The van der Waals surface area contributed by atoms with Crippen LogP contribution >= 0.6 is 11.3 Å². The zero-order valence-electron chi connectivity index (χ0n) is 23.7. The lowest BCUT2D eigenvalue weighted by molar-refractivity contribution is -0.141. The van der Waals surface area contributed by atoms with E-state index in [1.165, 1.54) is 18.2 Å². The molecular weight excluding hydrogens is 539 g/mol. The molecule has 0 radical (unpaired) electrons. The highest BCUT2D eigenvalue weighted by atomic mass is 32.1. The second-order valence-electron chi connectivity index (χ2n) is 10.7. The Morgan fingerprint density at radius 3 is 2.61 bits per heavy atom. The van der Waals surface area contributed by atoms with Crippen molar-refractivity contribution in [3.63, 3.8) is 0 Å². The quantitative estimate of drug-likeness (QED) is 0.207. The third kappa shape index (κ3) is 6.85. The van der Waals surface area contributed by atoms with E-state index in [9.17, 15) is 14.0 Å². The average Bonchev–Trinajstić information content (AvgIpc) is 3.68. The van der Waals surface area contributed by atoms with Crippen LogP contribution in [-0.4, -0.2) is 71.1 Å². The van der Waals surface area contributed by atoms with Crippen LogP contribution in [0.15, 0.2) is 65.6 Å². The molecule has 3 heterocycles. The Kier molecular flexibility index (Phi) is 9.46. The highest BCUT2D eigenvalue weighted by Crippen LogP contribution is 2.30. The van der Waals surface area contributed by atoms with Crippen LogP contribution in [0, 0.1) is 5.82 Å². The second kappa shape index (κ2) is 13.4. The number of carbonyl (C=O) groups is 2. The van der Waals surface area contributed by atoms with Crippen LogP contribution in [0.1, 0.15) is 59.5 Å². The summed E-state index contributed by atoms with van der Waals surface area (Å²) in [5.41, 5.74) is 4.36. The van der Waals surface area contributed by atoms with E-state index >= 15 is 0 Å². The zero-order chi connectivity index (χ0) is 28.8. The van der Waals surface area contributed by atoms with Gasteiger partial charge in [0.1, 0.15) is 17.9 Å². The molecule has 41 heavy (non-hydrogen) atoms. The third-order valence-electron chi connectivity index (χ3n) is 8.25. The maximum atomic E-state index is 13.8. The van der Waals surface area contributed by atoms with Crippen molar-refractivity contribution in [2.75, 3.05) is 39.8 Å². The van der Waals surface area contributed by atoms with Gasteiger partial charge in [-0.2, -0.15) is 11.3 Å². The number of methoxy groups -OCH3 is 1. The molecular formula is C32H37FN4O3S. The summed E-state index contributed by atoms with van der Waals surface area (Å²) in [5.74, 6) is 0.0917. The van der Waals surface area contributed by atoms with E-state index < -0.39 is 0 Å². The van der Waals surface area contributed by atoms with E-state index in [1.807, 2.05) is 42.2 Å². The normalized spacial score (nSPS) is 15.2. The Labute approximate surface area is 244 Å². The van der Waals surface area contributed by atoms with Crippen molar-refractivity contribution in [1.82, 2.24) is 19.4 Å². The number of thiophene rings is 1. The summed E-state index contributed by atoms with van der Waals surface area (Å²) in [5, 5.41) is 4.29. The molecule has 0 aliphatic carbocycles. The number of hydrogen-bond donors (Lipinski definition) is 0. The summed E-state index contributed by atoms with van der Waals surface area (Å²) in [6, 6.07) is 14.6. The summed E-state index contributed by atoms with van der Waals surface area (Å²) in [6.45, 7) is 6.27. The lowest BCUT2D eigenvalue weighted by Crippen LogP contribution is -2.37. The van der Waals surface area contributed by atoms with Gasteiger partial charge in [-0.05, 0) is 104 Å². The number of aromatic nitrogens is 2. The van der Waals surface area contributed by atoms with Crippen LogP contribution in [0.4, 0.5) is 4.39 Å². The monoisotopic (exact) mass is 576 g/mol. The summed E-state index contributed by atoms with van der Waals surface area (Å²) < 4.78 is 19.9. The van der Waals surface area contributed by atoms with Crippen molar-refractivity contribution >= 4 is 34.2 Å². The Bertz CT molecular complexity index is 1450. The number of fused-ring (bicyclic) bond motifs is 1. The molecule has 1 aliphatic rings. The van der Waals surface area contributed by atoms with Gasteiger partial charge in [0, 0.05) is 19.0 Å². The SMILES string of the molecule is CCN(CC(CCN1CCC(c2ccc(F)cc2)CC1)c1ccsc1)C(=O)c1cccc2c1ncn2CC(=O)OC. The van der Waals surface area contributed by atoms with Crippen LogP contribution in [-0.2, 0) is 16.1 Å². The van der Waals surface area contributed by atoms with Crippen LogP contribution < -0.4 is 0 Å². The number of rotatable bonds is 11. The predicted molar refractivity (Wildman–Crippen MR) is 160 cm³/mol. The molecule has 1 unspecified atom stereocenters. The lowest BCUT2D eigenvalue weighted by atomic mass is 9.89. The number of imidazole rings is 1. The van der Waals surface area contributed by atoms with Gasteiger partial charge >= 0.3 is 5.97 Å². The molecule has 0 spiro atoms. The maximum Gasteiger partial charge on any atom is 0.325 e. The lowest BCUT2D eigenvalue weighted by Gasteiger charge is -2.34. The second-order valence-corrected chi connectivity index (χ2v) is 11.5. The van der Waals surface area contributed by atoms with Gasteiger partial charge < -0.3 is 19.1 Å². The minimum Gasteiger partial charge on any atom is -0.468 e. The average molecular weight is 577 g/mol. The number of hydrogen-bond acceptors (Lipinski definition) is 6. The van der Waals surface area contributed by atoms with Gasteiger partial charge in [-0.15, -0.1) is 0 Å². The van der Waals surface area contributed by atoms with Crippen LogP contribution in [0.25, 0.3) is 11.0 Å². The van der Waals surface area contributed by atoms with Crippen molar-refractivity contribution in [3.05, 3.63) is 88.1 Å². The number of benzene rings is 2. The molecule has 5 rings (SSSR count). The fourth-order valence-corrected chi connectivity index (χ4v) is 6.56. The molecule has 1 amide bonds. The first-order chi connectivity index (χ1) is 20.0. The smallest absolute Gasteiger partial charge is 0.325 e. The van der Waals surface area contributed by atoms with Crippen molar-refractivity contribution < 1.29 is 18.7 Å². The minimum absolute atomic E-state index is 0.0452. The van der Waals surface area contributed by atoms with Crippen LogP contribution in [0.5, 0.6) is 0 Å². The summed E-state index contributed by atoms with van der Waals surface area (Å²) >= 11 is 1.68. The Morgan fingerprint density at radius 2 is 1.93 bits per heavy atom. The first-order valence-corrected chi connectivity index (χ1v) is 15.2. The van der Waals surface area contributed by atoms with E-state index in [4.69, 9.17) is 4.74 Å². The summed E-state index contributed by atoms with van der Waals surface area (Å²) in [7, 11) is 1.36. The van der Waals surface area contributed by atoms with Gasteiger partial charge in [0.05, 0.1) is 24.5 Å². The largest absolute Gasteiger partial charge is 0.468 e. The molecule has 2 aromatic heterocycles. The number of piperidine rings is 1. The van der Waals surface area contributed by atoms with Gasteiger partial charge in [0.15, 0.2) is 0 Å². The van der Waals surface area contributed by atoms with E-state index in [0.29, 0.717) is 30.1 Å². The zero-order valence-corrected chi connectivity index (χ0v) is 24.5. The van der Waals surface area contributed by atoms with Crippen molar-refractivity contribution in [1.29, 1.82) is 0 Å². The summed E-state index contributed by atoms with van der Waals surface area (Å²) in [6.07, 6.45) is 4.68. The third-order valence-corrected chi connectivity index (χ3v) is 8.96. The van der Waals surface area contributed by atoms with Gasteiger partial charge in [-0.1, -0.05) is 18.2 Å². The topological polar surface area (TPSA) is 67.7 Å². The molecule has 7 nitrogen and oxygen atoms in total. The molecule has 216 valence electrons. The highest BCUT2D eigenvalue weighted by Gasteiger charge is 2.26. The van der Waals surface area contributed by atoms with Crippen molar-refractivity contribution in [2.45, 2.75) is 44.6 Å². The predicted octanol–water partition coefficient (Wildman–Crippen LogP) is 5.93. The van der Waals surface area contributed by atoms with Crippen molar-refractivity contribution in [2.24, 2.45) is 0 Å². The van der Waals surface area contributed by atoms with Gasteiger partial charge in [-0.3, -0.25) is 9.59 Å². The van der Waals surface area contributed by atoms with E-state index in [2.05, 4.69) is 26.7 Å². The summed E-state index contributed by atoms with van der Waals surface area (Å²) in [4.78, 5) is 34.6. The number of para-hydroxylation sites is 1. The highest BCUT2D eigenvalue weighted by molar-refractivity contribution is 7.08. The Balaban J connectivity index is 1.25. The number of carbonyl (C=O) groups excluding carboxylic acids is 2. The van der Waals surface area contributed by atoms with Crippen LogP contribution in [0.3, 0.4) is 0 Å². The van der Waals surface area contributed by atoms with E-state index in [-0.39, 0.29) is 30.2 Å². The van der Waals surface area contributed by atoms with Gasteiger partial charge in [0.2, 0.25) is 0 Å². The number of ether oxygens (including phenoxy) is 1. The Morgan fingerprint density at radius 1 is 1.15 bits per heavy atom. The molecule has 2 aromatic carbocycles. The minimum atomic E-state index is -0.366. The first kappa shape index (κ1) is 29.0. The molecule has 0 N–H and O–H groups in total. The number of amides is 1. The molecule has 9 heteroatoms. The fraction of sp³-hybridized carbons (Fsp3) is 0.406. The molecule has 0 bridgehead atoms. The number of esters is 1. The molecule has 1 fully saturated rings. The Hall–Kier alpha value is -3.56. The van der Waals surface area contributed by atoms with E-state index in [1.54, 1.807) is 34.4 Å². The molecule has 4 aromatic rings. The molecule has 0 saturated carbocycles. The van der Waals surface area contributed by atoms with Crippen molar-refractivity contribution in [3.8, 4) is 0 Å². The molecule has 1 saturated heterocycles. The molecule has 1 atom stereocenters. The first-order valence-electron chi connectivity index (χ1n) is 14.3. The van der Waals surface area contributed by atoms with Crippen LogP contribution in [0.2, 0.25) is 0 Å². The van der Waals surface area contributed by atoms with Gasteiger partial charge in [0.25, 0.3) is 5.91 Å². The number of nitrogens with zero attached hydrogens (tertiary/aromatic N) is 4. The van der Waals surface area contributed by atoms with E-state index in [0.717, 1.165) is 44.4 Å². The fourth-order valence-electron chi connectivity index (χ4n) is 5.82. The van der Waals surface area contributed by atoms with Gasteiger partial charge in [-0.25, -0.2) is 9.37 Å².